The first kappa shape index (κ1) is 23.2. The van der Waals surface area contributed by atoms with Crippen molar-refractivity contribution in [3.8, 4) is 5.75 Å². The molecule has 0 radical (unpaired) electrons. The Hall–Kier alpha value is -2.46. The number of fused-ring (bicyclic) bond motifs is 2. The fourth-order valence-corrected chi connectivity index (χ4v) is 4.20. The minimum Gasteiger partial charge on any atom is -0.491 e. The van der Waals surface area contributed by atoms with Gasteiger partial charge in [0.15, 0.2) is 0 Å². The molecule has 0 amide bonds. The normalized spacial score (nSPS) is 14.3. The number of carbonyl (C=O) groups is 1. The standard InChI is InChI=1S/C26H32ClNO3/c1-3-4-5-7-15-28-16-14-20-10-12-23(27)18-21(20)9-6-8-17-31-25-13-11-22(19-24(25)28)26(29)30-2/h3,10-13,18-19H,1,4-9,14-17H2,2H3. The summed E-state index contributed by atoms with van der Waals surface area (Å²) in [6.07, 6.45) is 9.02. The second kappa shape index (κ2) is 11.8. The maximum absolute atomic E-state index is 12.2. The molecule has 5 heteroatoms. The Morgan fingerprint density at radius 1 is 1.16 bits per heavy atom. The molecule has 0 spiro atoms. The zero-order valence-corrected chi connectivity index (χ0v) is 19.1. The van der Waals surface area contributed by atoms with Crippen molar-refractivity contribution >= 4 is 23.3 Å². The lowest BCUT2D eigenvalue weighted by Crippen LogP contribution is -2.28. The summed E-state index contributed by atoms with van der Waals surface area (Å²) in [6, 6.07) is 11.8. The van der Waals surface area contributed by atoms with Gasteiger partial charge in [0.05, 0.1) is 25.0 Å². The van der Waals surface area contributed by atoms with Crippen LogP contribution in [0.5, 0.6) is 5.75 Å². The summed E-state index contributed by atoms with van der Waals surface area (Å²) in [5.41, 5.74) is 4.16. The summed E-state index contributed by atoms with van der Waals surface area (Å²) in [5, 5.41) is 0.788. The fourth-order valence-electron chi connectivity index (χ4n) is 4.00. The van der Waals surface area contributed by atoms with Crippen LogP contribution < -0.4 is 9.64 Å². The van der Waals surface area contributed by atoms with Gasteiger partial charge in [0, 0.05) is 18.1 Å². The number of hydrogen-bond donors (Lipinski definition) is 0. The number of carbonyl (C=O) groups excluding carboxylic acids is 1. The van der Waals surface area contributed by atoms with Gasteiger partial charge < -0.3 is 14.4 Å². The van der Waals surface area contributed by atoms with E-state index in [1.165, 1.54) is 18.2 Å². The van der Waals surface area contributed by atoms with Gasteiger partial charge in [-0.2, -0.15) is 0 Å². The maximum atomic E-state index is 12.2. The number of allylic oxidation sites excluding steroid dienone is 1. The molecule has 0 atom stereocenters. The third-order valence-electron chi connectivity index (χ3n) is 5.72. The van der Waals surface area contributed by atoms with Crippen molar-refractivity contribution in [2.75, 3.05) is 31.7 Å². The van der Waals surface area contributed by atoms with Crippen LogP contribution in [0.4, 0.5) is 5.69 Å². The smallest absolute Gasteiger partial charge is 0.337 e. The highest BCUT2D eigenvalue weighted by Gasteiger charge is 2.18. The Morgan fingerprint density at radius 2 is 2.03 bits per heavy atom. The average molecular weight is 442 g/mol. The van der Waals surface area contributed by atoms with Crippen LogP contribution in [-0.4, -0.2) is 32.8 Å². The van der Waals surface area contributed by atoms with E-state index < -0.39 is 0 Å². The lowest BCUT2D eigenvalue weighted by atomic mass is 9.99. The predicted octanol–water partition coefficient (Wildman–Crippen LogP) is 6.25. The van der Waals surface area contributed by atoms with Crippen molar-refractivity contribution in [3.05, 3.63) is 70.8 Å². The molecule has 0 aromatic heterocycles. The van der Waals surface area contributed by atoms with Gasteiger partial charge in [-0.3, -0.25) is 0 Å². The van der Waals surface area contributed by atoms with Gasteiger partial charge in [-0.05, 0) is 86.4 Å². The van der Waals surface area contributed by atoms with E-state index in [0.29, 0.717) is 12.2 Å². The Kier molecular flexibility index (Phi) is 8.84. The van der Waals surface area contributed by atoms with Crippen LogP contribution in [0.3, 0.4) is 0 Å². The Bertz CT molecular complexity index is 896. The van der Waals surface area contributed by atoms with Gasteiger partial charge in [-0.1, -0.05) is 23.7 Å². The lowest BCUT2D eigenvalue weighted by Gasteiger charge is -2.28. The number of methoxy groups -OCH3 is 1. The van der Waals surface area contributed by atoms with Crippen molar-refractivity contribution < 1.29 is 14.3 Å². The number of unbranched alkanes of at least 4 members (excludes halogenated alkanes) is 2. The number of aryl methyl sites for hydroxylation is 1. The van der Waals surface area contributed by atoms with Gasteiger partial charge >= 0.3 is 5.97 Å². The van der Waals surface area contributed by atoms with E-state index in [9.17, 15) is 4.79 Å². The molecule has 166 valence electrons. The van der Waals surface area contributed by atoms with Crippen molar-refractivity contribution in [3.63, 3.8) is 0 Å². The molecule has 0 saturated carbocycles. The molecule has 31 heavy (non-hydrogen) atoms. The van der Waals surface area contributed by atoms with Gasteiger partial charge in [-0.15, -0.1) is 6.58 Å². The molecule has 2 aromatic carbocycles. The van der Waals surface area contributed by atoms with Gasteiger partial charge in [-0.25, -0.2) is 4.79 Å². The molecule has 4 nitrogen and oxygen atoms in total. The highest BCUT2D eigenvalue weighted by molar-refractivity contribution is 6.30. The molecule has 2 aromatic rings. The Balaban J connectivity index is 1.93. The molecular formula is C26H32ClNO3. The van der Waals surface area contributed by atoms with Crippen molar-refractivity contribution in [2.24, 2.45) is 0 Å². The molecule has 0 unspecified atom stereocenters. The Morgan fingerprint density at radius 3 is 2.84 bits per heavy atom. The number of hydrogen-bond acceptors (Lipinski definition) is 4. The summed E-state index contributed by atoms with van der Waals surface area (Å²) in [6.45, 7) is 6.19. The van der Waals surface area contributed by atoms with E-state index in [4.69, 9.17) is 21.1 Å². The molecule has 1 aliphatic heterocycles. The van der Waals surface area contributed by atoms with E-state index in [1.807, 2.05) is 24.3 Å². The molecule has 0 N–H and O–H groups in total. The third kappa shape index (κ3) is 6.51. The monoisotopic (exact) mass is 441 g/mol. The van der Waals surface area contributed by atoms with E-state index in [-0.39, 0.29) is 5.97 Å². The summed E-state index contributed by atoms with van der Waals surface area (Å²) in [7, 11) is 1.41. The highest BCUT2D eigenvalue weighted by Crippen LogP contribution is 2.32. The molecule has 0 aliphatic carbocycles. The first-order valence-corrected chi connectivity index (χ1v) is 11.5. The van der Waals surface area contributed by atoms with Crippen LogP contribution in [0.15, 0.2) is 49.1 Å². The largest absolute Gasteiger partial charge is 0.491 e. The van der Waals surface area contributed by atoms with Crippen LogP contribution in [-0.2, 0) is 17.6 Å². The zero-order chi connectivity index (χ0) is 22.1. The van der Waals surface area contributed by atoms with Gasteiger partial charge in [0.1, 0.15) is 5.75 Å². The number of benzene rings is 2. The summed E-state index contributed by atoms with van der Waals surface area (Å²) >= 11 is 6.27. The zero-order valence-electron chi connectivity index (χ0n) is 18.4. The number of ether oxygens (including phenoxy) is 2. The molecule has 1 heterocycles. The number of halogens is 1. The van der Waals surface area contributed by atoms with Crippen LogP contribution in [0.2, 0.25) is 5.02 Å². The number of esters is 1. The van der Waals surface area contributed by atoms with Crippen LogP contribution >= 0.6 is 11.6 Å². The van der Waals surface area contributed by atoms with Crippen molar-refractivity contribution in [1.29, 1.82) is 0 Å². The first-order valence-electron chi connectivity index (χ1n) is 11.1. The summed E-state index contributed by atoms with van der Waals surface area (Å²) < 4.78 is 11.1. The van der Waals surface area contributed by atoms with Gasteiger partial charge in [0.25, 0.3) is 0 Å². The molecule has 1 aliphatic rings. The molecule has 0 bridgehead atoms. The van der Waals surface area contributed by atoms with Gasteiger partial charge in [0.2, 0.25) is 0 Å². The molecule has 3 rings (SSSR count). The average Bonchev–Trinajstić information content (AvgIpc) is 2.78. The SMILES string of the molecule is C=CCCCCN1CCc2ccc(Cl)cc2CCCCOc2ccc(C(=O)OC)cc21. The molecule has 0 fully saturated rings. The number of rotatable bonds is 6. The maximum Gasteiger partial charge on any atom is 0.337 e. The van der Waals surface area contributed by atoms with Crippen LogP contribution in [0.1, 0.15) is 53.6 Å². The van der Waals surface area contributed by atoms with E-state index in [2.05, 4.69) is 23.6 Å². The fraction of sp³-hybridized carbons (Fsp3) is 0.423. The van der Waals surface area contributed by atoms with Crippen LogP contribution in [0.25, 0.3) is 0 Å². The van der Waals surface area contributed by atoms with E-state index in [1.54, 1.807) is 6.07 Å². The number of anilines is 1. The van der Waals surface area contributed by atoms with Crippen molar-refractivity contribution in [2.45, 2.75) is 44.9 Å². The Labute approximate surface area is 190 Å². The molecule has 0 saturated heterocycles. The van der Waals surface area contributed by atoms with Crippen molar-refractivity contribution in [1.82, 2.24) is 0 Å². The van der Waals surface area contributed by atoms with Crippen LogP contribution in [0, 0.1) is 0 Å². The summed E-state index contributed by atoms with van der Waals surface area (Å²) in [5.74, 6) is 0.494. The second-order valence-electron chi connectivity index (χ2n) is 7.91. The second-order valence-corrected chi connectivity index (χ2v) is 8.35. The van der Waals surface area contributed by atoms with E-state index in [0.717, 1.165) is 74.5 Å². The molecular weight excluding hydrogens is 410 g/mol. The topological polar surface area (TPSA) is 38.8 Å². The number of nitrogens with zero attached hydrogens (tertiary/aromatic N) is 1. The van der Waals surface area contributed by atoms with E-state index >= 15 is 0 Å². The summed E-state index contributed by atoms with van der Waals surface area (Å²) in [4.78, 5) is 14.5. The quantitative estimate of drug-likeness (QED) is 0.302. The minimum absolute atomic E-state index is 0.333. The highest BCUT2D eigenvalue weighted by atomic mass is 35.5. The first-order chi connectivity index (χ1) is 15.1. The minimum atomic E-state index is -0.333. The third-order valence-corrected chi connectivity index (χ3v) is 5.96. The lowest BCUT2D eigenvalue weighted by molar-refractivity contribution is 0.0600. The predicted molar refractivity (Wildman–Crippen MR) is 128 cm³/mol.